The van der Waals surface area contributed by atoms with Crippen molar-refractivity contribution >= 4 is 22.6 Å². The summed E-state index contributed by atoms with van der Waals surface area (Å²) >= 11 is 5.93. The van der Waals surface area contributed by atoms with Crippen LogP contribution in [0.25, 0.3) is 22.2 Å². The van der Waals surface area contributed by atoms with Crippen LogP contribution in [0.15, 0.2) is 66.1 Å². The highest BCUT2D eigenvalue weighted by atomic mass is 35.5. The zero-order chi connectivity index (χ0) is 15.5. The molecular formula is C18H15ClN2O. The molecule has 0 aliphatic carbocycles. The topological polar surface area (TPSA) is 34.9 Å². The van der Waals surface area contributed by atoms with Crippen molar-refractivity contribution in [3.8, 4) is 11.1 Å². The van der Waals surface area contributed by atoms with Gasteiger partial charge in [-0.1, -0.05) is 29.8 Å². The van der Waals surface area contributed by atoms with Gasteiger partial charge < -0.3 is 0 Å². The molecule has 0 bridgehead atoms. The molecule has 3 aromatic rings. The van der Waals surface area contributed by atoms with Crippen LogP contribution >= 0.6 is 11.6 Å². The molecule has 0 amide bonds. The lowest BCUT2D eigenvalue weighted by Crippen LogP contribution is -2.22. The first-order valence-electron chi connectivity index (χ1n) is 7.06. The number of aromatic nitrogens is 2. The van der Waals surface area contributed by atoms with Gasteiger partial charge in [-0.3, -0.25) is 9.36 Å². The van der Waals surface area contributed by atoms with E-state index in [1.54, 1.807) is 29.0 Å². The van der Waals surface area contributed by atoms with Gasteiger partial charge >= 0.3 is 0 Å². The van der Waals surface area contributed by atoms with Crippen molar-refractivity contribution in [3.05, 3.63) is 76.7 Å². The van der Waals surface area contributed by atoms with Crippen LogP contribution < -0.4 is 5.56 Å². The molecular weight excluding hydrogens is 296 g/mol. The van der Waals surface area contributed by atoms with E-state index in [1.165, 1.54) is 0 Å². The van der Waals surface area contributed by atoms with Gasteiger partial charge in [-0.25, -0.2) is 4.98 Å². The Morgan fingerprint density at radius 3 is 2.73 bits per heavy atom. The lowest BCUT2D eigenvalue weighted by molar-refractivity contribution is 0.703. The van der Waals surface area contributed by atoms with Crippen LogP contribution in [0.3, 0.4) is 0 Å². The van der Waals surface area contributed by atoms with Crippen molar-refractivity contribution in [2.75, 3.05) is 0 Å². The Morgan fingerprint density at radius 2 is 2.00 bits per heavy atom. The van der Waals surface area contributed by atoms with Gasteiger partial charge in [0.25, 0.3) is 5.56 Å². The first kappa shape index (κ1) is 14.5. The molecule has 0 aliphatic rings. The number of aryl methyl sites for hydroxylation is 1. The largest absolute Gasteiger partial charge is 0.292 e. The summed E-state index contributed by atoms with van der Waals surface area (Å²) < 4.78 is 1.71. The Labute approximate surface area is 133 Å². The quantitative estimate of drug-likeness (QED) is 0.674. The maximum atomic E-state index is 12.8. The summed E-state index contributed by atoms with van der Waals surface area (Å²) in [4.78, 5) is 17.2. The first-order chi connectivity index (χ1) is 10.7. The Balaban J connectivity index is 2.26. The number of rotatable bonds is 4. The zero-order valence-corrected chi connectivity index (χ0v) is 12.8. The predicted molar refractivity (Wildman–Crippen MR) is 91.3 cm³/mol. The number of benzene rings is 1. The number of hydrogen-bond acceptors (Lipinski definition) is 2. The summed E-state index contributed by atoms with van der Waals surface area (Å²) in [5, 5.41) is 1.59. The van der Waals surface area contributed by atoms with Gasteiger partial charge in [0.1, 0.15) is 5.65 Å². The molecule has 0 fully saturated rings. The van der Waals surface area contributed by atoms with Crippen LogP contribution in [-0.4, -0.2) is 9.55 Å². The molecule has 2 heterocycles. The molecule has 4 heteroatoms. The summed E-state index contributed by atoms with van der Waals surface area (Å²) in [5.41, 5.74) is 2.16. The van der Waals surface area contributed by atoms with E-state index in [1.807, 2.05) is 30.3 Å². The summed E-state index contributed by atoms with van der Waals surface area (Å²) in [6, 6.07) is 13.0. The van der Waals surface area contributed by atoms with Crippen molar-refractivity contribution in [1.82, 2.24) is 9.55 Å². The fourth-order valence-electron chi connectivity index (χ4n) is 2.47. The molecule has 0 atom stereocenters. The molecule has 3 rings (SSSR count). The van der Waals surface area contributed by atoms with E-state index in [4.69, 9.17) is 11.6 Å². The molecule has 0 aliphatic heterocycles. The van der Waals surface area contributed by atoms with Crippen LogP contribution in [0.2, 0.25) is 5.02 Å². The highest BCUT2D eigenvalue weighted by Gasteiger charge is 2.11. The van der Waals surface area contributed by atoms with E-state index in [0.717, 1.165) is 17.4 Å². The highest BCUT2D eigenvalue weighted by Crippen LogP contribution is 2.22. The molecule has 3 nitrogen and oxygen atoms in total. The number of pyridine rings is 2. The minimum absolute atomic E-state index is 0.0460. The van der Waals surface area contributed by atoms with E-state index < -0.39 is 0 Å². The van der Waals surface area contributed by atoms with Crippen LogP contribution in [0.5, 0.6) is 0 Å². The smallest absolute Gasteiger partial charge is 0.260 e. The van der Waals surface area contributed by atoms with Crippen molar-refractivity contribution < 1.29 is 0 Å². The lowest BCUT2D eigenvalue weighted by Gasteiger charge is -2.11. The minimum atomic E-state index is -0.0460. The third kappa shape index (κ3) is 2.68. The van der Waals surface area contributed by atoms with Gasteiger partial charge in [0.05, 0.1) is 0 Å². The summed E-state index contributed by atoms with van der Waals surface area (Å²) in [6.07, 6.45) is 4.22. The molecule has 0 saturated carbocycles. The molecule has 2 aromatic heterocycles. The SMILES string of the molecule is C=CCCn1c(=O)c(-c2ccc(Cl)cc2)cc2cccnc21. The maximum absolute atomic E-state index is 12.8. The predicted octanol–water partition coefficient (Wildman–Crippen LogP) is 4.29. The second-order valence-corrected chi connectivity index (χ2v) is 5.45. The normalized spacial score (nSPS) is 10.8. The number of fused-ring (bicyclic) bond motifs is 1. The molecule has 110 valence electrons. The molecule has 0 unspecified atom stereocenters. The Kier molecular flexibility index (Phi) is 4.07. The lowest BCUT2D eigenvalue weighted by atomic mass is 10.1. The maximum Gasteiger partial charge on any atom is 0.260 e. The van der Waals surface area contributed by atoms with E-state index in [0.29, 0.717) is 22.8 Å². The third-order valence-corrected chi connectivity index (χ3v) is 3.81. The third-order valence-electron chi connectivity index (χ3n) is 3.56. The second kappa shape index (κ2) is 6.16. The average molecular weight is 311 g/mol. The fourth-order valence-corrected chi connectivity index (χ4v) is 2.60. The zero-order valence-electron chi connectivity index (χ0n) is 12.0. The molecule has 0 N–H and O–H groups in total. The van der Waals surface area contributed by atoms with Gasteiger partial charge in [0, 0.05) is 28.7 Å². The van der Waals surface area contributed by atoms with Gasteiger partial charge in [-0.05, 0) is 42.3 Å². The standard InChI is InChI=1S/C18H15ClN2O/c1-2-3-11-21-17-14(5-4-10-20-17)12-16(18(21)22)13-6-8-15(19)9-7-13/h2,4-10,12H,1,3,11H2. The fraction of sp³-hybridized carbons (Fsp3) is 0.111. The van der Waals surface area contributed by atoms with Crippen LogP contribution in [-0.2, 0) is 6.54 Å². The molecule has 1 aromatic carbocycles. The number of halogens is 1. The van der Waals surface area contributed by atoms with E-state index in [-0.39, 0.29) is 5.56 Å². The van der Waals surface area contributed by atoms with E-state index in [9.17, 15) is 4.79 Å². The van der Waals surface area contributed by atoms with Crippen LogP contribution in [0.4, 0.5) is 0 Å². The Morgan fingerprint density at radius 1 is 1.23 bits per heavy atom. The number of nitrogens with zero attached hydrogens (tertiary/aromatic N) is 2. The summed E-state index contributed by atoms with van der Waals surface area (Å²) in [6.45, 7) is 4.29. The second-order valence-electron chi connectivity index (χ2n) is 5.02. The minimum Gasteiger partial charge on any atom is -0.292 e. The van der Waals surface area contributed by atoms with Gasteiger partial charge in [-0.2, -0.15) is 0 Å². The molecule has 0 radical (unpaired) electrons. The number of allylic oxidation sites excluding steroid dienone is 1. The monoisotopic (exact) mass is 310 g/mol. The Bertz CT molecular complexity index is 882. The van der Waals surface area contributed by atoms with E-state index >= 15 is 0 Å². The van der Waals surface area contributed by atoms with E-state index in [2.05, 4.69) is 11.6 Å². The van der Waals surface area contributed by atoms with Gasteiger partial charge in [0.15, 0.2) is 0 Å². The van der Waals surface area contributed by atoms with Crippen LogP contribution in [0, 0.1) is 0 Å². The van der Waals surface area contributed by atoms with Crippen molar-refractivity contribution in [3.63, 3.8) is 0 Å². The molecule has 0 saturated heterocycles. The van der Waals surface area contributed by atoms with Crippen molar-refractivity contribution in [1.29, 1.82) is 0 Å². The van der Waals surface area contributed by atoms with Crippen LogP contribution in [0.1, 0.15) is 6.42 Å². The van der Waals surface area contributed by atoms with Crippen molar-refractivity contribution in [2.45, 2.75) is 13.0 Å². The molecule has 0 spiro atoms. The van der Waals surface area contributed by atoms with Gasteiger partial charge in [-0.15, -0.1) is 6.58 Å². The molecule has 22 heavy (non-hydrogen) atoms. The van der Waals surface area contributed by atoms with Crippen molar-refractivity contribution in [2.24, 2.45) is 0 Å². The summed E-state index contributed by atoms with van der Waals surface area (Å²) in [7, 11) is 0. The Hall–Kier alpha value is -2.39. The number of hydrogen-bond donors (Lipinski definition) is 0. The average Bonchev–Trinajstić information content (AvgIpc) is 2.54. The first-order valence-corrected chi connectivity index (χ1v) is 7.44. The van der Waals surface area contributed by atoms with Gasteiger partial charge in [0.2, 0.25) is 0 Å². The highest BCUT2D eigenvalue weighted by molar-refractivity contribution is 6.30. The summed E-state index contributed by atoms with van der Waals surface area (Å²) in [5.74, 6) is 0.